The summed E-state index contributed by atoms with van der Waals surface area (Å²) in [5, 5.41) is 0.179. The van der Waals surface area contributed by atoms with Gasteiger partial charge >= 0.3 is 5.97 Å². The number of esters is 1. The number of nitrogens with zero attached hydrogens (tertiary/aromatic N) is 2. The summed E-state index contributed by atoms with van der Waals surface area (Å²) in [6, 6.07) is 5.49. The quantitative estimate of drug-likeness (QED) is 0.638. The third-order valence-electron chi connectivity index (χ3n) is 2.88. The van der Waals surface area contributed by atoms with E-state index in [4.69, 9.17) is 16.3 Å². The first-order valence-electron chi connectivity index (χ1n) is 6.44. The van der Waals surface area contributed by atoms with Crippen molar-refractivity contribution < 1.29 is 9.53 Å². The number of halogens is 1. The molecule has 2 rings (SSSR count). The van der Waals surface area contributed by atoms with Gasteiger partial charge in [0.15, 0.2) is 0 Å². The van der Waals surface area contributed by atoms with Crippen molar-refractivity contribution in [3.63, 3.8) is 0 Å². The lowest BCUT2D eigenvalue weighted by molar-refractivity contribution is 0.0526. The maximum atomic E-state index is 11.9. The van der Waals surface area contributed by atoms with E-state index in [9.17, 15) is 4.79 Å². The summed E-state index contributed by atoms with van der Waals surface area (Å²) in [5.74, 6) is -0.456. The second-order valence-electron chi connectivity index (χ2n) is 4.13. The molecule has 0 unspecified atom stereocenters. The number of hydrogen-bond acceptors (Lipinski definition) is 4. The minimum Gasteiger partial charge on any atom is -0.462 e. The maximum Gasteiger partial charge on any atom is 0.341 e. The highest BCUT2D eigenvalue weighted by molar-refractivity contribution is 6.32. The Morgan fingerprint density at radius 3 is 2.60 bits per heavy atom. The van der Waals surface area contributed by atoms with Gasteiger partial charge in [0.1, 0.15) is 5.15 Å². The third kappa shape index (κ3) is 2.96. The Morgan fingerprint density at radius 2 is 2.00 bits per heavy atom. The summed E-state index contributed by atoms with van der Waals surface area (Å²) in [6.45, 7) is 4.05. The van der Waals surface area contributed by atoms with Crippen molar-refractivity contribution in [2.75, 3.05) is 6.61 Å². The molecule has 0 saturated heterocycles. The highest BCUT2D eigenvalue weighted by atomic mass is 35.5. The number of aromatic nitrogens is 2. The van der Waals surface area contributed by atoms with E-state index in [-0.39, 0.29) is 10.7 Å². The second kappa shape index (κ2) is 6.48. The van der Waals surface area contributed by atoms with Gasteiger partial charge in [-0.2, -0.15) is 0 Å². The van der Waals surface area contributed by atoms with Crippen LogP contribution in [0.2, 0.25) is 5.15 Å². The van der Waals surface area contributed by atoms with Gasteiger partial charge in [-0.3, -0.25) is 4.98 Å². The van der Waals surface area contributed by atoms with E-state index in [1.165, 1.54) is 0 Å². The van der Waals surface area contributed by atoms with Gasteiger partial charge in [-0.1, -0.05) is 18.5 Å². The highest BCUT2D eigenvalue weighted by Gasteiger charge is 2.17. The summed E-state index contributed by atoms with van der Waals surface area (Å²) < 4.78 is 5.00. The van der Waals surface area contributed by atoms with Crippen molar-refractivity contribution in [3.05, 3.63) is 47.0 Å². The lowest BCUT2D eigenvalue weighted by Gasteiger charge is -2.11. The number of aryl methyl sites for hydroxylation is 1. The van der Waals surface area contributed by atoms with Gasteiger partial charge in [0.25, 0.3) is 0 Å². The van der Waals surface area contributed by atoms with Crippen LogP contribution < -0.4 is 0 Å². The average Bonchev–Trinajstić information content (AvgIpc) is 2.48. The molecule has 0 spiro atoms. The van der Waals surface area contributed by atoms with Crippen molar-refractivity contribution in [3.8, 4) is 11.1 Å². The standard InChI is InChI=1S/C15H15ClN2O2/c1-3-13-11(10-5-7-17-8-6-10)9-12(14(16)18-13)15(19)20-4-2/h5-9H,3-4H2,1-2H3. The summed E-state index contributed by atoms with van der Waals surface area (Å²) in [6.07, 6.45) is 4.13. The molecule has 20 heavy (non-hydrogen) atoms. The van der Waals surface area contributed by atoms with Crippen LogP contribution in [0.15, 0.2) is 30.6 Å². The predicted octanol–water partition coefficient (Wildman–Crippen LogP) is 3.54. The molecule has 104 valence electrons. The van der Waals surface area contributed by atoms with Crippen LogP contribution in [0.25, 0.3) is 11.1 Å². The van der Waals surface area contributed by atoms with Crippen LogP contribution in [-0.2, 0) is 11.2 Å². The molecule has 2 aromatic heterocycles. The van der Waals surface area contributed by atoms with Crippen molar-refractivity contribution >= 4 is 17.6 Å². The molecule has 4 nitrogen and oxygen atoms in total. The molecule has 2 aromatic rings. The lowest BCUT2D eigenvalue weighted by Crippen LogP contribution is -2.08. The number of pyridine rings is 2. The molecule has 0 aliphatic rings. The molecule has 0 atom stereocenters. The molecule has 5 heteroatoms. The first-order chi connectivity index (χ1) is 9.67. The summed E-state index contributed by atoms with van der Waals surface area (Å²) in [5.41, 5.74) is 2.96. The Morgan fingerprint density at radius 1 is 1.30 bits per heavy atom. The van der Waals surface area contributed by atoms with Gasteiger partial charge < -0.3 is 4.74 Å². The Labute approximate surface area is 122 Å². The predicted molar refractivity (Wildman–Crippen MR) is 77.8 cm³/mol. The molecule has 0 amide bonds. The van der Waals surface area contributed by atoms with Crippen LogP contribution in [0.1, 0.15) is 29.9 Å². The maximum absolute atomic E-state index is 11.9. The van der Waals surface area contributed by atoms with E-state index in [2.05, 4.69) is 9.97 Å². The molecule has 0 bridgehead atoms. The second-order valence-corrected chi connectivity index (χ2v) is 4.49. The molecule has 0 N–H and O–H groups in total. The Bertz CT molecular complexity index is 615. The van der Waals surface area contributed by atoms with Gasteiger partial charge in [-0.25, -0.2) is 9.78 Å². The molecule has 0 aliphatic heterocycles. The van der Waals surface area contributed by atoms with Crippen molar-refractivity contribution in [2.45, 2.75) is 20.3 Å². The van der Waals surface area contributed by atoms with E-state index in [1.54, 1.807) is 25.4 Å². The topological polar surface area (TPSA) is 52.1 Å². The smallest absolute Gasteiger partial charge is 0.341 e. The van der Waals surface area contributed by atoms with Crippen LogP contribution >= 0.6 is 11.6 Å². The molecule has 0 radical (unpaired) electrons. The van der Waals surface area contributed by atoms with Gasteiger partial charge in [-0.15, -0.1) is 0 Å². The highest BCUT2D eigenvalue weighted by Crippen LogP contribution is 2.27. The summed E-state index contributed by atoms with van der Waals surface area (Å²) in [7, 11) is 0. The minimum atomic E-state index is -0.456. The first kappa shape index (κ1) is 14.5. The zero-order valence-electron chi connectivity index (χ0n) is 11.4. The van der Waals surface area contributed by atoms with Crippen LogP contribution in [0.5, 0.6) is 0 Å². The van der Waals surface area contributed by atoms with Crippen LogP contribution in [0.3, 0.4) is 0 Å². The van der Waals surface area contributed by atoms with Crippen molar-refractivity contribution in [1.29, 1.82) is 0 Å². The zero-order valence-corrected chi connectivity index (χ0v) is 12.1. The van der Waals surface area contributed by atoms with E-state index in [0.717, 1.165) is 23.2 Å². The van der Waals surface area contributed by atoms with E-state index >= 15 is 0 Å². The monoisotopic (exact) mass is 290 g/mol. The van der Waals surface area contributed by atoms with Crippen molar-refractivity contribution in [1.82, 2.24) is 9.97 Å². The van der Waals surface area contributed by atoms with Gasteiger partial charge in [0, 0.05) is 23.7 Å². The van der Waals surface area contributed by atoms with Gasteiger partial charge in [0.05, 0.1) is 12.2 Å². The molecular formula is C15H15ClN2O2. The van der Waals surface area contributed by atoms with E-state index in [0.29, 0.717) is 6.61 Å². The number of carbonyl (C=O) groups excluding carboxylic acids is 1. The average molecular weight is 291 g/mol. The Balaban J connectivity index is 2.55. The van der Waals surface area contributed by atoms with E-state index < -0.39 is 5.97 Å². The lowest BCUT2D eigenvalue weighted by atomic mass is 10.0. The third-order valence-corrected chi connectivity index (χ3v) is 3.16. The molecule has 0 fully saturated rings. The molecule has 0 saturated carbocycles. The first-order valence-corrected chi connectivity index (χ1v) is 6.82. The molecule has 2 heterocycles. The normalized spacial score (nSPS) is 10.3. The van der Waals surface area contributed by atoms with Crippen molar-refractivity contribution in [2.24, 2.45) is 0 Å². The fourth-order valence-electron chi connectivity index (χ4n) is 1.93. The molecule has 0 aromatic carbocycles. The van der Waals surface area contributed by atoms with Crippen LogP contribution in [0.4, 0.5) is 0 Å². The summed E-state index contributed by atoms with van der Waals surface area (Å²) >= 11 is 6.07. The van der Waals surface area contributed by atoms with Crippen LogP contribution in [-0.4, -0.2) is 22.5 Å². The van der Waals surface area contributed by atoms with E-state index in [1.807, 2.05) is 19.1 Å². The Kier molecular flexibility index (Phi) is 4.69. The summed E-state index contributed by atoms with van der Waals surface area (Å²) in [4.78, 5) is 20.2. The molecular weight excluding hydrogens is 276 g/mol. The van der Waals surface area contributed by atoms with Crippen LogP contribution in [0, 0.1) is 0 Å². The number of rotatable bonds is 4. The fourth-order valence-corrected chi connectivity index (χ4v) is 2.16. The number of ether oxygens (including phenoxy) is 1. The zero-order chi connectivity index (χ0) is 14.5. The number of hydrogen-bond donors (Lipinski definition) is 0. The van der Waals surface area contributed by atoms with Gasteiger partial charge in [0.2, 0.25) is 0 Å². The molecule has 0 aliphatic carbocycles. The number of carbonyl (C=O) groups is 1. The fraction of sp³-hybridized carbons (Fsp3) is 0.267. The SMILES string of the molecule is CCOC(=O)c1cc(-c2ccncc2)c(CC)nc1Cl. The minimum absolute atomic E-state index is 0.179. The van der Waals surface area contributed by atoms with Gasteiger partial charge in [-0.05, 0) is 37.1 Å². The largest absolute Gasteiger partial charge is 0.462 e. The Hall–Kier alpha value is -1.94.